The SMILES string of the molecule is CC1(C)CC(Nc2nc(Br)cn3ccnc23)CCO1. The van der Waals surface area contributed by atoms with E-state index in [1.807, 2.05) is 16.8 Å². The lowest BCUT2D eigenvalue weighted by molar-refractivity contribution is -0.0553. The van der Waals surface area contributed by atoms with E-state index >= 15 is 0 Å². The van der Waals surface area contributed by atoms with Gasteiger partial charge in [0.1, 0.15) is 4.60 Å². The molecule has 3 rings (SSSR count). The normalized spacial score (nSPS) is 22.6. The topological polar surface area (TPSA) is 51.5 Å². The molecule has 0 bridgehead atoms. The third-order valence-corrected chi connectivity index (χ3v) is 3.76. The number of halogens is 1. The standard InChI is InChI=1S/C13H17BrN4O/c1-13(2)7-9(3-6-19-13)16-11-12-15-4-5-18(12)8-10(14)17-11/h4-5,8-9H,3,6-7H2,1-2H3,(H,16,17). The van der Waals surface area contributed by atoms with Gasteiger partial charge in [-0.3, -0.25) is 0 Å². The van der Waals surface area contributed by atoms with Crippen LogP contribution < -0.4 is 5.32 Å². The van der Waals surface area contributed by atoms with Gasteiger partial charge in [-0.05, 0) is 42.6 Å². The smallest absolute Gasteiger partial charge is 0.180 e. The molecule has 1 unspecified atom stereocenters. The van der Waals surface area contributed by atoms with E-state index < -0.39 is 0 Å². The Kier molecular flexibility index (Phi) is 3.22. The van der Waals surface area contributed by atoms with Gasteiger partial charge in [-0.15, -0.1) is 0 Å². The quantitative estimate of drug-likeness (QED) is 0.922. The van der Waals surface area contributed by atoms with Crippen molar-refractivity contribution in [3.8, 4) is 0 Å². The van der Waals surface area contributed by atoms with Crippen LogP contribution in [-0.4, -0.2) is 32.6 Å². The number of anilines is 1. The maximum atomic E-state index is 5.74. The van der Waals surface area contributed by atoms with Crippen LogP contribution in [0.25, 0.3) is 5.65 Å². The van der Waals surface area contributed by atoms with Gasteiger partial charge in [0.15, 0.2) is 11.5 Å². The number of aromatic nitrogens is 3. The number of hydrogen-bond donors (Lipinski definition) is 1. The van der Waals surface area contributed by atoms with Crippen LogP contribution in [0.3, 0.4) is 0 Å². The van der Waals surface area contributed by atoms with Crippen LogP contribution in [0.15, 0.2) is 23.2 Å². The zero-order valence-electron chi connectivity index (χ0n) is 11.1. The van der Waals surface area contributed by atoms with Crippen LogP contribution in [0, 0.1) is 0 Å². The van der Waals surface area contributed by atoms with Gasteiger partial charge in [0.25, 0.3) is 0 Å². The van der Waals surface area contributed by atoms with E-state index in [0.717, 1.165) is 35.5 Å². The van der Waals surface area contributed by atoms with Gasteiger partial charge < -0.3 is 14.5 Å². The van der Waals surface area contributed by atoms with Crippen molar-refractivity contribution in [3.63, 3.8) is 0 Å². The third-order valence-electron chi connectivity index (χ3n) is 3.38. The van der Waals surface area contributed by atoms with Crippen LogP contribution >= 0.6 is 15.9 Å². The van der Waals surface area contributed by atoms with E-state index in [1.165, 1.54) is 0 Å². The first-order valence-corrected chi connectivity index (χ1v) is 7.22. The lowest BCUT2D eigenvalue weighted by Gasteiger charge is -2.36. The second-order valence-corrected chi connectivity index (χ2v) is 6.33. The van der Waals surface area contributed by atoms with E-state index in [1.54, 1.807) is 6.20 Å². The van der Waals surface area contributed by atoms with Gasteiger partial charge in [-0.25, -0.2) is 9.97 Å². The molecule has 1 aliphatic rings. The van der Waals surface area contributed by atoms with Gasteiger partial charge >= 0.3 is 0 Å². The average Bonchev–Trinajstić information content (AvgIpc) is 2.75. The lowest BCUT2D eigenvalue weighted by Crippen LogP contribution is -2.40. The van der Waals surface area contributed by atoms with E-state index in [4.69, 9.17) is 4.74 Å². The number of ether oxygens (including phenoxy) is 1. The first-order chi connectivity index (χ1) is 9.03. The predicted molar refractivity (Wildman–Crippen MR) is 77.4 cm³/mol. The summed E-state index contributed by atoms with van der Waals surface area (Å²) in [5.41, 5.74) is 0.778. The van der Waals surface area contributed by atoms with Gasteiger partial charge in [-0.2, -0.15) is 0 Å². The first-order valence-electron chi connectivity index (χ1n) is 6.43. The minimum absolute atomic E-state index is 0.0758. The zero-order valence-corrected chi connectivity index (χ0v) is 12.6. The molecule has 102 valence electrons. The van der Waals surface area contributed by atoms with Gasteiger partial charge in [-0.1, -0.05) is 0 Å². The van der Waals surface area contributed by atoms with Crippen molar-refractivity contribution in [2.24, 2.45) is 0 Å². The molecule has 0 saturated carbocycles. The molecule has 2 aromatic heterocycles. The highest BCUT2D eigenvalue weighted by Crippen LogP contribution is 2.27. The van der Waals surface area contributed by atoms with Crippen LogP contribution in [0.1, 0.15) is 26.7 Å². The van der Waals surface area contributed by atoms with Crippen molar-refractivity contribution in [1.29, 1.82) is 0 Å². The summed E-state index contributed by atoms with van der Waals surface area (Å²) in [4.78, 5) is 8.84. The Morgan fingerprint density at radius 1 is 1.53 bits per heavy atom. The summed E-state index contributed by atoms with van der Waals surface area (Å²) in [7, 11) is 0. The lowest BCUT2D eigenvalue weighted by atomic mass is 9.94. The summed E-state index contributed by atoms with van der Waals surface area (Å²) < 4.78 is 8.50. The molecule has 0 spiro atoms. The molecule has 0 radical (unpaired) electrons. The number of hydrogen-bond acceptors (Lipinski definition) is 4. The van der Waals surface area contributed by atoms with E-state index in [9.17, 15) is 0 Å². The molecule has 3 heterocycles. The summed E-state index contributed by atoms with van der Waals surface area (Å²) in [6.07, 6.45) is 7.56. The molecule has 1 aliphatic heterocycles. The molecule has 0 aliphatic carbocycles. The van der Waals surface area contributed by atoms with Crippen molar-refractivity contribution in [2.45, 2.75) is 38.3 Å². The second-order valence-electron chi connectivity index (χ2n) is 5.51. The third kappa shape index (κ3) is 2.74. The Morgan fingerprint density at radius 3 is 3.16 bits per heavy atom. The number of rotatable bonds is 2. The Labute approximate surface area is 120 Å². The van der Waals surface area contributed by atoms with Crippen molar-refractivity contribution in [2.75, 3.05) is 11.9 Å². The molecule has 19 heavy (non-hydrogen) atoms. The molecule has 1 fully saturated rings. The van der Waals surface area contributed by atoms with E-state index in [-0.39, 0.29) is 5.60 Å². The van der Waals surface area contributed by atoms with Crippen molar-refractivity contribution >= 4 is 27.4 Å². The Bertz CT molecular complexity index is 595. The number of nitrogens with one attached hydrogen (secondary N) is 1. The second kappa shape index (κ2) is 4.76. The summed E-state index contributed by atoms with van der Waals surface area (Å²) in [6, 6.07) is 0.367. The molecule has 5 nitrogen and oxygen atoms in total. The highest BCUT2D eigenvalue weighted by atomic mass is 79.9. The number of nitrogens with zero attached hydrogens (tertiary/aromatic N) is 3. The summed E-state index contributed by atoms with van der Waals surface area (Å²) in [5, 5.41) is 3.50. The molecule has 1 atom stereocenters. The first kappa shape index (κ1) is 12.9. The minimum Gasteiger partial charge on any atom is -0.375 e. The van der Waals surface area contributed by atoms with Crippen molar-refractivity contribution in [3.05, 3.63) is 23.2 Å². The monoisotopic (exact) mass is 324 g/mol. The fraction of sp³-hybridized carbons (Fsp3) is 0.538. The minimum atomic E-state index is -0.0758. The van der Waals surface area contributed by atoms with Crippen LogP contribution in [0.5, 0.6) is 0 Å². The number of imidazole rings is 1. The molecule has 1 N–H and O–H groups in total. The maximum absolute atomic E-state index is 5.74. The van der Waals surface area contributed by atoms with Gasteiger partial charge in [0.2, 0.25) is 0 Å². The Morgan fingerprint density at radius 2 is 2.37 bits per heavy atom. The zero-order chi connectivity index (χ0) is 13.5. The van der Waals surface area contributed by atoms with Crippen LogP contribution in [-0.2, 0) is 4.74 Å². The fourth-order valence-corrected chi connectivity index (χ4v) is 2.94. The average molecular weight is 325 g/mol. The molecule has 0 aromatic carbocycles. The number of fused-ring (bicyclic) bond motifs is 1. The summed E-state index contributed by atoms with van der Waals surface area (Å²) in [6.45, 7) is 5.03. The van der Waals surface area contributed by atoms with Crippen molar-refractivity contribution < 1.29 is 4.74 Å². The van der Waals surface area contributed by atoms with E-state index in [2.05, 4.69) is 45.1 Å². The van der Waals surface area contributed by atoms with Gasteiger partial charge in [0, 0.05) is 31.2 Å². The Balaban J connectivity index is 1.86. The Hall–Kier alpha value is -1.14. The van der Waals surface area contributed by atoms with Crippen LogP contribution in [0.2, 0.25) is 0 Å². The van der Waals surface area contributed by atoms with Crippen LogP contribution in [0.4, 0.5) is 5.82 Å². The molecular weight excluding hydrogens is 308 g/mol. The summed E-state index contributed by atoms with van der Waals surface area (Å²) >= 11 is 3.43. The molecule has 0 amide bonds. The molecule has 2 aromatic rings. The largest absolute Gasteiger partial charge is 0.375 e. The highest BCUT2D eigenvalue weighted by molar-refractivity contribution is 9.10. The summed E-state index contributed by atoms with van der Waals surface area (Å²) in [5.74, 6) is 0.821. The predicted octanol–water partition coefficient (Wildman–Crippen LogP) is 2.86. The molecule has 6 heteroatoms. The van der Waals surface area contributed by atoms with Gasteiger partial charge in [0.05, 0.1) is 5.60 Å². The molecular formula is C13H17BrN4O. The van der Waals surface area contributed by atoms with Crippen molar-refractivity contribution in [1.82, 2.24) is 14.4 Å². The highest BCUT2D eigenvalue weighted by Gasteiger charge is 2.29. The van der Waals surface area contributed by atoms with E-state index in [0.29, 0.717) is 6.04 Å². The fourth-order valence-electron chi connectivity index (χ4n) is 2.55. The molecule has 1 saturated heterocycles. The maximum Gasteiger partial charge on any atom is 0.180 e.